The molecule has 1 unspecified atom stereocenters. The molecule has 1 aromatic rings. The lowest BCUT2D eigenvalue weighted by Crippen LogP contribution is -2.45. The number of aliphatic hydroxyl groups is 3. The Morgan fingerprint density at radius 3 is 2.54 bits per heavy atom. The lowest BCUT2D eigenvalue weighted by Gasteiger charge is -2.34. The average Bonchev–Trinajstić information content (AvgIpc) is 3.23. The molecule has 1 fully saturated rings. The third kappa shape index (κ3) is 8.40. The predicted molar refractivity (Wildman–Crippen MR) is 143 cm³/mol. The average molecular weight is 541 g/mol. The minimum Gasteiger partial charge on any atom is -0.481 e. The van der Waals surface area contributed by atoms with E-state index in [4.69, 9.17) is 15.6 Å². The Hall–Kier alpha value is -1.69. The number of Topliss-reactive ketones (excluding diaryl/α,β-unsaturated/α-hetero) is 1. The van der Waals surface area contributed by atoms with E-state index < -0.39 is 35.9 Å². The second kappa shape index (κ2) is 12.9. The lowest BCUT2D eigenvalue weighted by molar-refractivity contribution is -0.147. The van der Waals surface area contributed by atoms with Crippen LogP contribution < -0.4 is 5.73 Å². The third-order valence-electron chi connectivity index (χ3n) is 7.85. The molecule has 0 aromatic carbocycles. The van der Waals surface area contributed by atoms with Crippen molar-refractivity contribution in [3.05, 3.63) is 21.7 Å². The lowest BCUT2D eigenvalue weighted by atomic mass is 9.73. The van der Waals surface area contributed by atoms with Crippen LogP contribution in [0.25, 0.3) is 6.08 Å². The van der Waals surface area contributed by atoms with Gasteiger partial charge >= 0.3 is 5.97 Å². The number of carbonyl (C=O) groups is 2. The van der Waals surface area contributed by atoms with E-state index in [0.717, 1.165) is 24.1 Å². The zero-order valence-corrected chi connectivity index (χ0v) is 23.6. The Labute approximate surface area is 223 Å². The van der Waals surface area contributed by atoms with Gasteiger partial charge in [0.05, 0.1) is 48.0 Å². The van der Waals surface area contributed by atoms with Crippen molar-refractivity contribution in [2.45, 2.75) is 110 Å². The van der Waals surface area contributed by atoms with Crippen LogP contribution in [0.15, 0.2) is 11.0 Å². The van der Waals surface area contributed by atoms with Crippen LogP contribution in [0.1, 0.15) is 84.3 Å². The molecule has 1 aliphatic rings. The van der Waals surface area contributed by atoms with Crippen molar-refractivity contribution in [2.24, 2.45) is 23.0 Å². The van der Waals surface area contributed by atoms with E-state index in [-0.39, 0.29) is 36.1 Å². The number of nitrogens with two attached hydrogens (primary N) is 1. The maximum Gasteiger partial charge on any atom is 0.306 e. The van der Waals surface area contributed by atoms with Crippen LogP contribution in [0.4, 0.5) is 0 Å². The molecule has 37 heavy (non-hydrogen) atoms. The molecular formula is C27H44N2O7S. The molecule has 0 aliphatic carbocycles. The highest BCUT2D eigenvalue weighted by atomic mass is 32.1. The van der Waals surface area contributed by atoms with Crippen LogP contribution in [0.5, 0.6) is 0 Å². The molecule has 6 N–H and O–H groups in total. The number of hydrogen-bond acceptors (Lipinski definition) is 9. The molecule has 1 aliphatic heterocycles. The van der Waals surface area contributed by atoms with Crippen LogP contribution in [0, 0.1) is 17.3 Å². The van der Waals surface area contributed by atoms with E-state index in [1.54, 1.807) is 6.92 Å². The fourth-order valence-corrected chi connectivity index (χ4v) is 5.40. The Balaban J connectivity index is 1.81. The Morgan fingerprint density at radius 2 is 1.97 bits per heavy atom. The molecule has 0 spiro atoms. The van der Waals surface area contributed by atoms with Gasteiger partial charge in [0.2, 0.25) is 0 Å². The first-order valence-electron chi connectivity index (χ1n) is 12.9. The smallest absolute Gasteiger partial charge is 0.306 e. The largest absolute Gasteiger partial charge is 0.481 e. The fraction of sp³-hybridized carbons (Fsp3) is 0.741. The van der Waals surface area contributed by atoms with E-state index in [9.17, 15) is 24.9 Å². The number of carboxylic acid groups (broad SMARTS) is 1. The molecule has 7 atom stereocenters. The molecule has 1 saturated heterocycles. The second-order valence-electron chi connectivity index (χ2n) is 11.3. The summed E-state index contributed by atoms with van der Waals surface area (Å²) in [6.07, 6.45) is 2.25. The number of aliphatic hydroxyl groups excluding tert-OH is 3. The highest BCUT2D eigenvalue weighted by Gasteiger charge is 2.51. The number of carbonyl (C=O) groups excluding carboxylic acids is 1. The number of rotatable bonds is 16. The summed E-state index contributed by atoms with van der Waals surface area (Å²) >= 11 is 1.41. The highest BCUT2D eigenvalue weighted by Crippen LogP contribution is 2.44. The van der Waals surface area contributed by atoms with E-state index in [2.05, 4.69) is 11.9 Å². The van der Waals surface area contributed by atoms with Gasteiger partial charge in [-0.25, -0.2) is 4.98 Å². The van der Waals surface area contributed by atoms with E-state index in [1.807, 2.05) is 25.3 Å². The van der Waals surface area contributed by atoms with Crippen LogP contribution >= 0.6 is 11.3 Å². The van der Waals surface area contributed by atoms with Gasteiger partial charge < -0.3 is 30.9 Å². The van der Waals surface area contributed by atoms with Gasteiger partial charge in [-0.2, -0.15) is 0 Å². The SMILES string of the molecule is CC(=Cc1csc(CO)n1)C(N)C[C@@H]1O[C@]1(C)CCC[C@H](C)[C@H](O)[C@@H](C)C(=O)C(C)(C)[C@@H](O)CC(=O)O. The van der Waals surface area contributed by atoms with Gasteiger partial charge in [0, 0.05) is 17.3 Å². The molecule has 2 heterocycles. The molecular weight excluding hydrogens is 496 g/mol. The number of epoxide rings is 1. The molecule has 2 rings (SSSR count). The Kier molecular flexibility index (Phi) is 11.0. The molecule has 9 nitrogen and oxygen atoms in total. The summed E-state index contributed by atoms with van der Waals surface area (Å²) in [4.78, 5) is 28.2. The van der Waals surface area contributed by atoms with Crippen molar-refractivity contribution >= 4 is 29.2 Å². The molecule has 0 saturated carbocycles. The van der Waals surface area contributed by atoms with Crippen LogP contribution in [-0.4, -0.2) is 67.1 Å². The van der Waals surface area contributed by atoms with Crippen LogP contribution in [0.3, 0.4) is 0 Å². The first-order valence-corrected chi connectivity index (χ1v) is 13.8. The highest BCUT2D eigenvalue weighted by molar-refractivity contribution is 7.09. The zero-order valence-electron chi connectivity index (χ0n) is 22.8. The number of hydrogen-bond donors (Lipinski definition) is 5. The molecule has 1 aromatic heterocycles. The van der Waals surface area contributed by atoms with Crippen molar-refractivity contribution < 1.29 is 34.8 Å². The first kappa shape index (κ1) is 31.5. The first-order chi connectivity index (χ1) is 17.1. The summed E-state index contributed by atoms with van der Waals surface area (Å²) in [5.74, 6) is -2.40. The van der Waals surface area contributed by atoms with Gasteiger partial charge in [0.25, 0.3) is 0 Å². The normalized spacial score (nSPS) is 24.3. The monoisotopic (exact) mass is 540 g/mol. The van der Waals surface area contributed by atoms with Gasteiger partial charge in [-0.05, 0) is 45.1 Å². The minimum absolute atomic E-state index is 0.0477. The summed E-state index contributed by atoms with van der Waals surface area (Å²) in [7, 11) is 0. The summed E-state index contributed by atoms with van der Waals surface area (Å²) < 4.78 is 5.98. The summed E-state index contributed by atoms with van der Waals surface area (Å²) in [5, 5.41) is 41.7. The number of ether oxygens (including phenoxy) is 1. The number of carboxylic acids is 1. The van der Waals surface area contributed by atoms with Gasteiger partial charge in [-0.1, -0.05) is 39.7 Å². The summed E-state index contributed by atoms with van der Waals surface area (Å²) in [5.41, 5.74) is 6.65. The van der Waals surface area contributed by atoms with Crippen molar-refractivity contribution in [3.8, 4) is 0 Å². The molecule has 0 bridgehead atoms. The van der Waals surface area contributed by atoms with E-state index in [0.29, 0.717) is 17.8 Å². The zero-order chi connectivity index (χ0) is 28.1. The van der Waals surface area contributed by atoms with Gasteiger partial charge in [-0.15, -0.1) is 11.3 Å². The van der Waals surface area contributed by atoms with E-state index in [1.165, 1.54) is 25.2 Å². The maximum atomic E-state index is 12.9. The Morgan fingerprint density at radius 1 is 1.32 bits per heavy atom. The van der Waals surface area contributed by atoms with Gasteiger partial charge in [0.1, 0.15) is 10.8 Å². The van der Waals surface area contributed by atoms with E-state index >= 15 is 0 Å². The van der Waals surface area contributed by atoms with Crippen LogP contribution in [-0.2, 0) is 20.9 Å². The van der Waals surface area contributed by atoms with Crippen LogP contribution in [0.2, 0.25) is 0 Å². The maximum absolute atomic E-state index is 12.9. The second-order valence-corrected chi connectivity index (χ2v) is 12.3. The van der Waals surface area contributed by atoms with Crippen molar-refractivity contribution in [1.29, 1.82) is 0 Å². The van der Waals surface area contributed by atoms with Crippen molar-refractivity contribution in [1.82, 2.24) is 4.98 Å². The molecule has 10 heteroatoms. The molecule has 0 radical (unpaired) electrons. The fourth-order valence-electron chi connectivity index (χ4n) is 4.79. The minimum atomic E-state index is -1.32. The molecule has 210 valence electrons. The number of thiazole rings is 1. The number of nitrogens with zero attached hydrogens (tertiary/aromatic N) is 1. The summed E-state index contributed by atoms with van der Waals surface area (Å²) in [6, 6.07) is -0.168. The van der Waals surface area contributed by atoms with Crippen molar-refractivity contribution in [2.75, 3.05) is 0 Å². The van der Waals surface area contributed by atoms with Gasteiger partial charge in [-0.3, -0.25) is 9.59 Å². The molecule has 0 amide bonds. The standard InChI is InChI=1S/C27H44N2O7S/c1-15(24(34)17(3)25(35)26(4,5)20(31)12-23(32)33)8-7-9-27(6)21(36-27)11-19(28)16(2)10-18-14-37-22(13-30)29-18/h10,14-15,17,19-21,24,30-31,34H,7-9,11-13,28H2,1-6H3,(H,32,33)/t15-,17+,19?,20-,21-,24-,27+/m0/s1. The summed E-state index contributed by atoms with van der Waals surface area (Å²) in [6.45, 7) is 10.5. The van der Waals surface area contributed by atoms with Crippen molar-refractivity contribution in [3.63, 3.8) is 0 Å². The predicted octanol–water partition coefficient (Wildman–Crippen LogP) is 3.15. The number of ketones is 1. The third-order valence-corrected chi connectivity index (χ3v) is 8.70. The Bertz CT molecular complexity index is 962. The number of aliphatic carboxylic acids is 1. The van der Waals surface area contributed by atoms with Gasteiger partial charge in [0.15, 0.2) is 0 Å². The quantitative estimate of drug-likeness (QED) is 0.198. The number of aromatic nitrogens is 1. The topological polar surface area (TPSA) is 166 Å².